The summed E-state index contributed by atoms with van der Waals surface area (Å²) < 4.78 is 13.2. The fourth-order valence-electron chi connectivity index (χ4n) is 1.79. The third-order valence-electron chi connectivity index (χ3n) is 2.88. The van der Waals surface area contributed by atoms with Crippen molar-refractivity contribution in [1.82, 2.24) is 0 Å². The Balaban J connectivity index is 2.33. The van der Waals surface area contributed by atoms with E-state index in [1.165, 1.54) is 6.07 Å². The predicted octanol–water partition coefficient (Wildman–Crippen LogP) is 3.74. The normalized spacial score (nSPS) is 10.2. The number of carboxylic acid groups (broad SMARTS) is 1. The fourth-order valence-corrected chi connectivity index (χ4v) is 1.90. The highest BCUT2D eigenvalue weighted by atomic mass is 35.5. The Hall–Kier alpha value is -2.40. The molecule has 0 aliphatic carbocycles. The lowest BCUT2D eigenvalue weighted by atomic mass is 10.1. The Morgan fingerprint density at radius 2 is 1.90 bits per heavy atom. The van der Waals surface area contributed by atoms with Crippen LogP contribution < -0.4 is 5.32 Å². The summed E-state index contributed by atoms with van der Waals surface area (Å²) in [6, 6.07) is 7.72. The lowest BCUT2D eigenvalue weighted by Crippen LogP contribution is -2.15. The van der Waals surface area contributed by atoms with Crippen LogP contribution in [0, 0.1) is 12.7 Å². The van der Waals surface area contributed by atoms with Crippen LogP contribution in [0.2, 0.25) is 5.02 Å². The van der Waals surface area contributed by atoms with E-state index in [4.69, 9.17) is 16.7 Å². The first kappa shape index (κ1) is 15.0. The van der Waals surface area contributed by atoms with E-state index in [0.717, 1.165) is 18.2 Å². The Labute approximate surface area is 125 Å². The molecule has 0 unspecified atom stereocenters. The number of aromatic carboxylic acids is 1. The molecule has 2 N–H and O–H groups in total. The monoisotopic (exact) mass is 307 g/mol. The first-order valence-corrected chi connectivity index (χ1v) is 6.36. The standard InChI is InChI=1S/C15H11ClFNO3/c1-8-6-9(2-5-12(8)16)14(19)18-13-7-10(17)3-4-11(13)15(20)21/h2-7H,1H3,(H,18,19)(H,20,21). The van der Waals surface area contributed by atoms with Gasteiger partial charge in [0.15, 0.2) is 0 Å². The van der Waals surface area contributed by atoms with Crippen molar-refractivity contribution in [2.45, 2.75) is 6.92 Å². The number of hydrogen-bond acceptors (Lipinski definition) is 2. The number of carbonyl (C=O) groups is 2. The number of rotatable bonds is 3. The number of hydrogen-bond donors (Lipinski definition) is 2. The number of halogens is 2. The van der Waals surface area contributed by atoms with Crippen LogP contribution in [0.25, 0.3) is 0 Å². The Bertz CT molecular complexity index is 731. The number of benzene rings is 2. The van der Waals surface area contributed by atoms with Crippen molar-refractivity contribution in [3.63, 3.8) is 0 Å². The second-order valence-electron chi connectivity index (χ2n) is 4.41. The first-order chi connectivity index (χ1) is 9.88. The minimum atomic E-state index is -1.25. The van der Waals surface area contributed by atoms with Crippen LogP contribution in [0.4, 0.5) is 10.1 Å². The molecule has 2 aromatic rings. The molecule has 0 aromatic heterocycles. The van der Waals surface area contributed by atoms with Crippen molar-refractivity contribution in [2.24, 2.45) is 0 Å². The molecule has 2 rings (SSSR count). The zero-order valence-corrected chi connectivity index (χ0v) is 11.7. The zero-order valence-electron chi connectivity index (χ0n) is 11.0. The van der Waals surface area contributed by atoms with Crippen molar-refractivity contribution in [3.05, 3.63) is 63.9 Å². The van der Waals surface area contributed by atoms with Crippen LogP contribution in [0.3, 0.4) is 0 Å². The van der Waals surface area contributed by atoms with Gasteiger partial charge in [0.05, 0.1) is 11.3 Å². The molecule has 0 atom stereocenters. The molecule has 0 aliphatic rings. The van der Waals surface area contributed by atoms with Crippen molar-refractivity contribution in [3.8, 4) is 0 Å². The van der Waals surface area contributed by atoms with Crippen LogP contribution in [-0.4, -0.2) is 17.0 Å². The minimum Gasteiger partial charge on any atom is -0.478 e. The van der Waals surface area contributed by atoms with E-state index in [1.54, 1.807) is 19.1 Å². The highest BCUT2D eigenvalue weighted by molar-refractivity contribution is 6.31. The van der Waals surface area contributed by atoms with Gasteiger partial charge in [0, 0.05) is 10.6 Å². The molecular formula is C15H11ClFNO3. The average Bonchev–Trinajstić information content (AvgIpc) is 2.41. The molecule has 4 nitrogen and oxygen atoms in total. The maximum Gasteiger partial charge on any atom is 0.337 e. The smallest absolute Gasteiger partial charge is 0.337 e. The SMILES string of the molecule is Cc1cc(C(=O)Nc2cc(F)ccc2C(=O)O)ccc1Cl. The third-order valence-corrected chi connectivity index (χ3v) is 3.30. The molecule has 0 aliphatic heterocycles. The van der Waals surface area contributed by atoms with E-state index in [9.17, 15) is 14.0 Å². The molecular weight excluding hydrogens is 297 g/mol. The van der Waals surface area contributed by atoms with E-state index in [-0.39, 0.29) is 11.3 Å². The molecule has 21 heavy (non-hydrogen) atoms. The zero-order chi connectivity index (χ0) is 15.6. The maximum atomic E-state index is 13.2. The second-order valence-corrected chi connectivity index (χ2v) is 4.82. The van der Waals surface area contributed by atoms with Gasteiger partial charge in [0.2, 0.25) is 0 Å². The summed E-state index contributed by atoms with van der Waals surface area (Å²) in [6.07, 6.45) is 0. The quantitative estimate of drug-likeness (QED) is 0.907. The molecule has 0 heterocycles. The first-order valence-electron chi connectivity index (χ1n) is 5.99. The summed E-state index contributed by atoms with van der Waals surface area (Å²) in [4.78, 5) is 23.2. The number of aryl methyl sites for hydroxylation is 1. The van der Waals surface area contributed by atoms with Gasteiger partial charge in [-0.3, -0.25) is 4.79 Å². The van der Waals surface area contributed by atoms with Crippen LogP contribution >= 0.6 is 11.6 Å². The van der Waals surface area contributed by atoms with Crippen molar-refractivity contribution < 1.29 is 19.1 Å². The van der Waals surface area contributed by atoms with Crippen LogP contribution in [0.5, 0.6) is 0 Å². The van der Waals surface area contributed by atoms with E-state index in [2.05, 4.69) is 5.32 Å². The number of nitrogens with one attached hydrogen (secondary N) is 1. The van der Waals surface area contributed by atoms with Gasteiger partial charge in [-0.25, -0.2) is 9.18 Å². The van der Waals surface area contributed by atoms with Crippen LogP contribution in [-0.2, 0) is 0 Å². The summed E-state index contributed by atoms with van der Waals surface area (Å²) in [6.45, 7) is 1.74. The van der Waals surface area contributed by atoms with Gasteiger partial charge in [-0.2, -0.15) is 0 Å². The predicted molar refractivity (Wildman–Crippen MR) is 77.5 cm³/mol. The molecule has 108 valence electrons. The lowest BCUT2D eigenvalue weighted by molar-refractivity contribution is 0.0698. The number of anilines is 1. The van der Waals surface area contributed by atoms with Crippen LogP contribution in [0.15, 0.2) is 36.4 Å². The third kappa shape index (κ3) is 3.38. The lowest BCUT2D eigenvalue weighted by Gasteiger charge is -2.09. The summed E-state index contributed by atoms with van der Waals surface area (Å²) in [5.74, 6) is -2.43. The van der Waals surface area contributed by atoms with Gasteiger partial charge < -0.3 is 10.4 Å². The summed E-state index contributed by atoms with van der Waals surface area (Å²) >= 11 is 5.87. The van der Waals surface area contributed by atoms with E-state index >= 15 is 0 Å². The number of carbonyl (C=O) groups excluding carboxylic acids is 1. The summed E-state index contributed by atoms with van der Waals surface area (Å²) in [5, 5.41) is 11.9. The molecule has 2 aromatic carbocycles. The molecule has 0 radical (unpaired) electrons. The fraction of sp³-hybridized carbons (Fsp3) is 0.0667. The molecule has 0 saturated heterocycles. The van der Waals surface area contributed by atoms with Gasteiger partial charge >= 0.3 is 5.97 Å². The van der Waals surface area contributed by atoms with E-state index < -0.39 is 17.7 Å². The largest absolute Gasteiger partial charge is 0.478 e. The van der Waals surface area contributed by atoms with Gasteiger partial charge in [-0.15, -0.1) is 0 Å². The average molecular weight is 308 g/mol. The number of amides is 1. The molecule has 1 amide bonds. The van der Waals surface area contributed by atoms with Gasteiger partial charge in [-0.05, 0) is 48.9 Å². The Morgan fingerprint density at radius 3 is 2.52 bits per heavy atom. The van der Waals surface area contributed by atoms with Gasteiger partial charge in [0.1, 0.15) is 5.82 Å². The van der Waals surface area contributed by atoms with Crippen LogP contribution in [0.1, 0.15) is 26.3 Å². The van der Waals surface area contributed by atoms with Crippen molar-refractivity contribution >= 4 is 29.2 Å². The van der Waals surface area contributed by atoms with E-state index in [0.29, 0.717) is 16.1 Å². The topological polar surface area (TPSA) is 66.4 Å². The Morgan fingerprint density at radius 1 is 1.19 bits per heavy atom. The molecule has 0 fully saturated rings. The highest BCUT2D eigenvalue weighted by Crippen LogP contribution is 2.20. The van der Waals surface area contributed by atoms with Crippen molar-refractivity contribution in [2.75, 3.05) is 5.32 Å². The summed E-state index contributed by atoms with van der Waals surface area (Å²) in [7, 11) is 0. The molecule has 0 bridgehead atoms. The highest BCUT2D eigenvalue weighted by Gasteiger charge is 2.15. The molecule has 6 heteroatoms. The molecule has 0 spiro atoms. The van der Waals surface area contributed by atoms with Gasteiger partial charge in [0.25, 0.3) is 5.91 Å². The molecule has 0 saturated carbocycles. The van der Waals surface area contributed by atoms with E-state index in [1.807, 2.05) is 0 Å². The van der Waals surface area contributed by atoms with Crippen molar-refractivity contribution in [1.29, 1.82) is 0 Å². The number of carboxylic acids is 1. The minimum absolute atomic E-state index is 0.0971. The maximum absolute atomic E-state index is 13.2. The summed E-state index contributed by atoms with van der Waals surface area (Å²) in [5.41, 5.74) is 0.732. The Kier molecular flexibility index (Phi) is 4.23. The van der Waals surface area contributed by atoms with Gasteiger partial charge in [-0.1, -0.05) is 11.6 Å². The second kappa shape index (κ2) is 5.93.